The van der Waals surface area contributed by atoms with Gasteiger partial charge in [-0.15, -0.1) is 10.2 Å². The average Bonchev–Trinajstić information content (AvgIpc) is 3.23. The average molecular weight is 362 g/mol. The highest BCUT2D eigenvalue weighted by Crippen LogP contribution is 2.24. The highest BCUT2D eigenvalue weighted by molar-refractivity contribution is 8.00. The molecule has 0 unspecified atom stereocenters. The lowest BCUT2D eigenvalue weighted by Crippen LogP contribution is -2.38. The van der Waals surface area contributed by atoms with Crippen LogP contribution in [0.4, 0.5) is 4.79 Å². The van der Waals surface area contributed by atoms with Crippen LogP contribution < -0.4 is 10.1 Å². The molecule has 3 rings (SSSR count). The third-order valence-corrected chi connectivity index (χ3v) is 4.63. The molecule has 1 aliphatic heterocycles. The molecule has 1 fully saturated rings. The van der Waals surface area contributed by atoms with E-state index in [1.807, 2.05) is 24.3 Å². The third-order valence-electron chi connectivity index (χ3n) is 3.71. The molecule has 9 heteroatoms. The Morgan fingerprint density at radius 3 is 2.80 bits per heavy atom. The molecule has 1 aliphatic rings. The smallest absolute Gasteiger partial charge is 0.324 e. The van der Waals surface area contributed by atoms with Crippen LogP contribution in [0.1, 0.15) is 18.4 Å². The largest absolute Gasteiger partial charge is 0.497 e. The number of amides is 3. The Hall–Kier alpha value is -2.55. The van der Waals surface area contributed by atoms with Crippen molar-refractivity contribution in [1.29, 1.82) is 0 Å². The zero-order valence-corrected chi connectivity index (χ0v) is 14.7. The number of benzene rings is 1. The van der Waals surface area contributed by atoms with Crippen LogP contribution in [0.5, 0.6) is 5.75 Å². The molecule has 0 spiro atoms. The number of nitrogens with one attached hydrogen (secondary N) is 1. The van der Waals surface area contributed by atoms with Crippen molar-refractivity contribution in [3.05, 3.63) is 35.7 Å². The molecule has 2 aromatic rings. The summed E-state index contributed by atoms with van der Waals surface area (Å²) in [5, 5.41) is 10.4. The van der Waals surface area contributed by atoms with E-state index in [2.05, 4.69) is 15.5 Å². The number of carbonyl (C=O) groups is 2. The second kappa shape index (κ2) is 7.56. The Labute approximate surface area is 148 Å². The molecule has 1 N–H and O–H groups in total. The Bertz CT molecular complexity index is 762. The minimum atomic E-state index is -0.488. The number of thioether (sulfide) groups is 1. The normalized spacial score (nSPS) is 15.1. The van der Waals surface area contributed by atoms with Crippen molar-refractivity contribution in [3.8, 4) is 5.75 Å². The number of aromatic nitrogens is 2. The first-order valence-corrected chi connectivity index (χ1v) is 8.66. The molecule has 1 saturated heterocycles. The second-order valence-corrected chi connectivity index (χ2v) is 6.76. The van der Waals surface area contributed by atoms with E-state index in [1.54, 1.807) is 14.0 Å². The fourth-order valence-electron chi connectivity index (χ4n) is 2.38. The first kappa shape index (κ1) is 17.3. The maximum absolute atomic E-state index is 12.3. The van der Waals surface area contributed by atoms with Gasteiger partial charge in [-0.25, -0.2) is 4.79 Å². The molecule has 2 heterocycles. The SMILES string of the molecule is COc1ccc(Cc2nnc(S[C@H](C)C(=O)N3CCNC3=O)o2)cc1. The molecule has 1 aromatic carbocycles. The molecule has 25 heavy (non-hydrogen) atoms. The zero-order valence-electron chi connectivity index (χ0n) is 13.9. The Kier molecular flexibility index (Phi) is 5.22. The summed E-state index contributed by atoms with van der Waals surface area (Å²) in [4.78, 5) is 25.0. The topological polar surface area (TPSA) is 97.6 Å². The zero-order chi connectivity index (χ0) is 17.8. The van der Waals surface area contributed by atoms with Crippen molar-refractivity contribution in [2.75, 3.05) is 20.2 Å². The fourth-order valence-corrected chi connectivity index (χ4v) is 3.14. The van der Waals surface area contributed by atoms with Crippen LogP contribution in [0.3, 0.4) is 0 Å². The molecule has 0 aliphatic carbocycles. The standard InChI is InChI=1S/C16H18N4O4S/c1-10(14(21)20-8-7-17-15(20)22)25-16-19-18-13(24-16)9-11-3-5-12(23-2)6-4-11/h3-6,10H,7-9H2,1-2H3,(H,17,22)/t10-/m1/s1. The maximum atomic E-state index is 12.3. The molecule has 3 amide bonds. The van der Waals surface area contributed by atoms with Gasteiger partial charge in [0.1, 0.15) is 5.75 Å². The minimum Gasteiger partial charge on any atom is -0.497 e. The van der Waals surface area contributed by atoms with Crippen molar-refractivity contribution < 1.29 is 18.7 Å². The van der Waals surface area contributed by atoms with Gasteiger partial charge in [0, 0.05) is 13.1 Å². The van der Waals surface area contributed by atoms with Crippen LogP contribution in [-0.2, 0) is 11.2 Å². The molecule has 8 nitrogen and oxygen atoms in total. The fraction of sp³-hybridized carbons (Fsp3) is 0.375. The third kappa shape index (κ3) is 4.11. The van der Waals surface area contributed by atoms with Gasteiger partial charge in [0.25, 0.3) is 5.22 Å². The number of rotatable bonds is 6. The van der Waals surface area contributed by atoms with Gasteiger partial charge in [-0.2, -0.15) is 0 Å². The maximum Gasteiger partial charge on any atom is 0.324 e. The van der Waals surface area contributed by atoms with Crippen LogP contribution in [0.25, 0.3) is 0 Å². The summed E-state index contributed by atoms with van der Waals surface area (Å²) in [5.74, 6) is 0.977. The summed E-state index contributed by atoms with van der Waals surface area (Å²) in [7, 11) is 1.62. The first-order valence-electron chi connectivity index (χ1n) is 7.78. The number of nitrogens with zero attached hydrogens (tertiary/aromatic N) is 3. The van der Waals surface area contributed by atoms with Gasteiger partial charge in [-0.05, 0) is 24.6 Å². The summed E-state index contributed by atoms with van der Waals surface area (Å²) >= 11 is 1.15. The van der Waals surface area contributed by atoms with Crippen LogP contribution in [0.2, 0.25) is 0 Å². The van der Waals surface area contributed by atoms with Crippen molar-refractivity contribution in [2.24, 2.45) is 0 Å². The number of urea groups is 1. The van der Waals surface area contributed by atoms with Gasteiger partial charge >= 0.3 is 6.03 Å². The van der Waals surface area contributed by atoms with Gasteiger partial charge in [-0.3, -0.25) is 9.69 Å². The highest BCUT2D eigenvalue weighted by atomic mass is 32.2. The predicted molar refractivity (Wildman–Crippen MR) is 90.5 cm³/mol. The Morgan fingerprint density at radius 1 is 1.40 bits per heavy atom. The van der Waals surface area contributed by atoms with Gasteiger partial charge in [0.05, 0.1) is 18.8 Å². The summed E-state index contributed by atoms with van der Waals surface area (Å²) in [6.07, 6.45) is 0.494. The van der Waals surface area contributed by atoms with Crippen LogP contribution in [0, 0.1) is 0 Å². The van der Waals surface area contributed by atoms with E-state index in [0.717, 1.165) is 23.1 Å². The van der Waals surface area contributed by atoms with E-state index >= 15 is 0 Å². The molecular formula is C16H18N4O4S. The summed E-state index contributed by atoms with van der Waals surface area (Å²) in [6, 6.07) is 7.22. The number of imide groups is 1. The van der Waals surface area contributed by atoms with Crippen molar-refractivity contribution in [1.82, 2.24) is 20.4 Å². The quantitative estimate of drug-likeness (QED) is 0.781. The lowest BCUT2D eigenvalue weighted by molar-refractivity contribution is -0.126. The summed E-state index contributed by atoms with van der Waals surface area (Å²) in [5.41, 5.74) is 1.01. The molecule has 0 radical (unpaired) electrons. The van der Waals surface area contributed by atoms with Crippen LogP contribution >= 0.6 is 11.8 Å². The lowest BCUT2D eigenvalue weighted by Gasteiger charge is -2.15. The molecular weight excluding hydrogens is 344 g/mol. The summed E-state index contributed by atoms with van der Waals surface area (Å²) in [6.45, 7) is 2.58. The van der Waals surface area contributed by atoms with Gasteiger partial charge in [0.2, 0.25) is 11.8 Å². The van der Waals surface area contributed by atoms with E-state index < -0.39 is 5.25 Å². The van der Waals surface area contributed by atoms with Gasteiger partial charge in [0.15, 0.2) is 0 Å². The molecule has 132 valence electrons. The minimum absolute atomic E-state index is 0.269. The molecule has 1 atom stereocenters. The van der Waals surface area contributed by atoms with Crippen molar-refractivity contribution in [3.63, 3.8) is 0 Å². The Balaban J connectivity index is 1.59. The monoisotopic (exact) mass is 362 g/mol. The van der Waals surface area contributed by atoms with E-state index in [0.29, 0.717) is 30.6 Å². The van der Waals surface area contributed by atoms with E-state index in [-0.39, 0.29) is 11.9 Å². The Morgan fingerprint density at radius 2 is 2.16 bits per heavy atom. The first-order chi connectivity index (χ1) is 12.1. The lowest BCUT2D eigenvalue weighted by atomic mass is 10.1. The number of hydrogen-bond donors (Lipinski definition) is 1. The molecule has 0 saturated carbocycles. The highest BCUT2D eigenvalue weighted by Gasteiger charge is 2.31. The number of hydrogen-bond acceptors (Lipinski definition) is 7. The van der Waals surface area contributed by atoms with E-state index in [9.17, 15) is 9.59 Å². The van der Waals surface area contributed by atoms with Gasteiger partial charge in [-0.1, -0.05) is 23.9 Å². The number of methoxy groups -OCH3 is 1. The van der Waals surface area contributed by atoms with Crippen molar-refractivity contribution in [2.45, 2.75) is 23.8 Å². The van der Waals surface area contributed by atoms with Crippen LogP contribution in [0.15, 0.2) is 33.9 Å². The van der Waals surface area contributed by atoms with E-state index in [4.69, 9.17) is 9.15 Å². The second-order valence-electron chi connectivity index (χ2n) is 5.47. The van der Waals surface area contributed by atoms with Crippen molar-refractivity contribution >= 4 is 23.7 Å². The summed E-state index contributed by atoms with van der Waals surface area (Å²) < 4.78 is 10.7. The van der Waals surface area contributed by atoms with Gasteiger partial charge < -0.3 is 14.5 Å². The predicted octanol–water partition coefficient (Wildman–Crippen LogP) is 1.70. The number of ether oxygens (including phenoxy) is 1. The van der Waals surface area contributed by atoms with E-state index in [1.165, 1.54) is 4.90 Å². The number of carbonyl (C=O) groups excluding carboxylic acids is 2. The van der Waals surface area contributed by atoms with Crippen LogP contribution in [-0.4, -0.2) is 52.5 Å². The molecule has 1 aromatic heterocycles. The molecule has 0 bridgehead atoms.